The molecule has 0 radical (unpaired) electrons. The molecule has 1 aliphatic rings. The van der Waals surface area contributed by atoms with Crippen LogP contribution in [0.5, 0.6) is 0 Å². The first-order chi connectivity index (χ1) is 9.24. The molecule has 1 fully saturated rings. The first-order valence-corrected chi connectivity index (χ1v) is 7.98. The molecule has 1 saturated heterocycles. The van der Waals surface area contributed by atoms with Crippen molar-refractivity contribution in [3.8, 4) is 0 Å². The number of nitrogens with zero attached hydrogens (tertiary/aromatic N) is 2. The second-order valence-electron chi connectivity index (χ2n) is 4.87. The lowest BCUT2D eigenvalue weighted by molar-refractivity contribution is 0.0454. The molecule has 1 aromatic rings. The van der Waals surface area contributed by atoms with Gasteiger partial charge in [-0.25, -0.2) is 9.97 Å². The number of ether oxygens (including phenoxy) is 1. The molecule has 2 heterocycles. The molecule has 0 saturated carbocycles. The summed E-state index contributed by atoms with van der Waals surface area (Å²) in [7, 11) is 0. The smallest absolute Gasteiger partial charge is 0.133 e. The number of aromatic nitrogens is 2. The molecule has 0 atom stereocenters. The van der Waals surface area contributed by atoms with Crippen LogP contribution in [0.4, 0.5) is 5.82 Å². The third-order valence-electron chi connectivity index (χ3n) is 3.05. The largest absolute Gasteiger partial charge is 0.379 e. The zero-order valence-corrected chi connectivity index (χ0v) is 12.8. The highest BCUT2D eigenvalue weighted by molar-refractivity contribution is 8.00. The van der Waals surface area contributed by atoms with Gasteiger partial charge in [-0.15, -0.1) is 0 Å². The predicted octanol–water partition coefficient (Wildman–Crippen LogP) is 3.05. The molecular formula is C14H23N3OS. The molecule has 2 rings (SSSR count). The normalized spacial score (nSPS) is 15.3. The first kappa shape index (κ1) is 14.6. The zero-order chi connectivity index (χ0) is 13.7. The minimum Gasteiger partial charge on any atom is -0.379 e. The van der Waals surface area contributed by atoms with Gasteiger partial charge in [-0.3, -0.25) is 0 Å². The van der Waals surface area contributed by atoms with Gasteiger partial charge >= 0.3 is 0 Å². The lowest BCUT2D eigenvalue weighted by Crippen LogP contribution is -2.30. The van der Waals surface area contributed by atoms with E-state index in [0.717, 1.165) is 55.7 Å². The Hall–Kier alpha value is -0.810. The number of nitrogens with one attached hydrogen (secondary N) is 1. The Morgan fingerprint density at radius 3 is 2.63 bits per heavy atom. The fraction of sp³-hybridized carbons (Fsp3) is 0.714. The van der Waals surface area contributed by atoms with E-state index in [2.05, 4.69) is 31.1 Å². The molecular weight excluding hydrogens is 258 g/mol. The lowest BCUT2D eigenvalue weighted by Gasteiger charge is -2.25. The highest BCUT2D eigenvalue weighted by atomic mass is 32.2. The Labute approximate surface area is 119 Å². The summed E-state index contributed by atoms with van der Waals surface area (Å²) in [6, 6.07) is 0. The van der Waals surface area contributed by atoms with Crippen LogP contribution in [0.3, 0.4) is 0 Å². The quantitative estimate of drug-likeness (QED) is 0.778. The van der Waals surface area contributed by atoms with Crippen LogP contribution in [-0.2, 0) is 11.2 Å². The number of hydrogen-bond acceptors (Lipinski definition) is 5. The van der Waals surface area contributed by atoms with Crippen molar-refractivity contribution in [2.75, 3.05) is 25.1 Å². The maximum Gasteiger partial charge on any atom is 0.133 e. The SMILES string of the molecule is CCCNc1nc(CCC)nc(SC2COC2)c1C. The Morgan fingerprint density at radius 2 is 2.05 bits per heavy atom. The van der Waals surface area contributed by atoms with E-state index < -0.39 is 0 Å². The summed E-state index contributed by atoms with van der Waals surface area (Å²) in [5.74, 6) is 1.96. The van der Waals surface area contributed by atoms with Crippen molar-refractivity contribution in [1.82, 2.24) is 9.97 Å². The van der Waals surface area contributed by atoms with Gasteiger partial charge in [-0.05, 0) is 19.8 Å². The van der Waals surface area contributed by atoms with Gasteiger partial charge in [-0.1, -0.05) is 25.6 Å². The summed E-state index contributed by atoms with van der Waals surface area (Å²) in [6.07, 6.45) is 3.12. The van der Waals surface area contributed by atoms with E-state index in [1.54, 1.807) is 0 Å². The Bertz CT molecular complexity index is 421. The molecule has 106 valence electrons. The standard InChI is InChI=1S/C14H23N3OS/c1-4-6-12-16-13(15-7-5-2)10(3)14(17-12)19-11-8-18-9-11/h11H,4-9H2,1-3H3,(H,15,16,17). The van der Waals surface area contributed by atoms with Crippen LogP contribution in [0, 0.1) is 6.92 Å². The molecule has 0 aromatic carbocycles. The number of rotatable bonds is 7. The Kier molecular flexibility index (Phi) is 5.45. The fourth-order valence-electron chi connectivity index (χ4n) is 1.85. The monoisotopic (exact) mass is 281 g/mol. The molecule has 4 nitrogen and oxygen atoms in total. The van der Waals surface area contributed by atoms with Crippen molar-refractivity contribution in [2.45, 2.75) is 50.3 Å². The van der Waals surface area contributed by atoms with Gasteiger partial charge in [-0.2, -0.15) is 0 Å². The summed E-state index contributed by atoms with van der Waals surface area (Å²) in [4.78, 5) is 9.35. The van der Waals surface area contributed by atoms with Crippen LogP contribution in [0.25, 0.3) is 0 Å². The highest BCUT2D eigenvalue weighted by Gasteiger charge is 2.22. The fourth-order valence-corrected chi connectivity index (χ4v) is 2.92. The van der Waals surface area contributed by atoms with Gasteiger partial charge in [0.05, 0.1) is 18.5 Å². The van der Waals surface area contributed by atoms with E-state index in [-0.39, 0.29) is 0 Å². The van der Waals surface area contributed by atoms with E-state index in [9.17, 15) is 0 Å². The second-order valence-corrected chi connectivity index (χ2v) is 6.16. The van der Waals surface area contributed by atoms with E-state index in [4.69, 9.17) is 9.72 Å². The molecule has 0 aliphatic carbocycles. The summed E-state index contributed by atoms with van der Waals surface area (Å²) in [5, 5.41) is 5.09. The molecule has 0 bridgehead atoms. The van der Waals surface area contributed by atoms with E-state index in [1.807, 2.05) is 11.8 Å². The third kappa shape index (κ3) is 3.83. The van der Waals surface area contributed by atoms with Crippen molar-refractivity contribution in [2.24, 2.45) is 0 Å². The average Bonchev–Trinajstić information content (AvgIpc) is 2.35. The van der Waals surface area contributed by atoms with Crippen molar-refractivity contribution in [1.29, 1.82) is 0 Å². The molecule has 0 unspecified atom stereocenters. The topological polar surface area (TPSA) is 47.0 Å². The van der Waals surface area contributed by atoms with E-state index in [1.165, 1.54) is 5.56 Å². The Morgan fingerprint density at radius 1 is 1.26 bits per heavy atom. The summed E-state index contributed by atoms with van der Waals surface area (Å²) in [6.45, 7) is 9.08. The van der Waals surface area contributed by atoms with Gasteiger partial charge in [0.1, 0.15) is 16.7 Å². The van der Waals surface area contributed by atoms with E-state index in [0.29, 0.717) is 5.25 Å². The molecule has 1 aliphatic heterocycles. The molecule has 1 aromatic heterocycles. The van der Waals surface area contributed by atoms with Gasteiger partial charge in [0.25, 0.3) is 0 Å². The van der Waals surface area contributed by atoms with Crippen LogP contribution >= 0.6 is 11.8 Å². The minimum absolute atomic E-state index is 0.558. The van der Waals surface area contributed by atoms with Gasteiger partial charge in [0.2, 0.25) is 0 Å². The van der Waals surface area contributed by atoms with Crippen LogP contribution in [-0.4, -0.2) is 35.0 Å². The van der Waals surface area contributed by atoms with Crippen LogP contribution in [0.2, 0.25) is 0 Å². The first-order valence-electron chi connectivity index (χ1n) is 7.10. The molecule has 1 N–H and O–H groups in total. The number of anilines is 1. The van der Waals surface area contributed by atoms with Gasteiger partial charge in [0.15, 0.2) is 0 Å². The summed E-state index contributed by atoms with van der Waals surface area (Å²) in [5.41, 5.74) is 1.17. The molecule has 0 spiro atoms. The summed E-state index contributed by atoms with van der Waals surface area (Å²) >= 11 is 1.83. The maximum atomic E-state index is 5.24. The van der Waals surface area contributed by atoms with Crippen LogP contribution < -0.4 is 5.32 Å². The van der Waals surface area contributed by atoms with Crippen molar-refractivity contribution < 1.29 is 4.74 Å². The van der Waals surface area contributed by atoms with Crippen molar-refractivity contribution >= 4 is 17.6 Å². The van der Waals surface area contributed by atoms with Crippen LogP contribution in [0.1, 0.15) is 38.1 Å². The van der Waals surface area contributed by atoms with Crippen molar-refractivity contribution in [3.05, 3.63) is 11.4 Å². The lowest BCUT2D eigenvalue weighted by atomic mass is 10.3. The zero-order valence-electron chi connectivity index (χ0n) is 12.0. The maximum absolute atomic E-state index is 5.24. The van der Waals surface area contributed by atoms with Gasteiger partial charge < -0.3 is 10.1 Å². The summed E-state index contributed by atoms with van der Waals surface area (Å²) < 4.78 is 5.24. The predicted molar refractivity (Wildman–Crippen MR) is 80.0 cm³/mol. The number of hydrogen-bond donors (Lipinski definition) is 1. The molecule has 19 heavy (non-hydrogen) atoms. The van der Waals surface area contributed by atoms with Crippen molar-refractivity contribution in [3.63, 3.8) is 0 Å². The molecule has 5 heteroatoms. The van der Waals surface area contributed by atoms with E-state index >= 15 is 0 Å². The third-order valence-corrected chi connectivity index (χ3v) is 4.28. The van der Waals surface area contributed by atoms with Gasteiger partial charge in [0, 0.05) is 18.5 Å². The highest BCUT2D eigenvalue weighted by Crippen LogP contribution is 2.31. The number of thioether (sulfide) groups is 1. The molecule has 0 amide bonds. The minimum atomic E-state index is 0.558. The Balaban J connectivity index is 2.19. The average molecular weight is 281 g/mol. The number of aryl methyl sites for hydroxylation is 1. The second kappa shape index (κ2) is 7.10. The van der Waals surface area contributed by atoms with Crippen LogP contribution in [0.15, 0.2) is 5.03 Å².